The summed E-state index contributed by atoms with van der Waals surface area (Å²) < 4.78 is 28.9. The molecular formula is C18H22N2O4S. The van der Waals surface area contributed by atoms with Gasteiger partial charge in [0.05, 0.1) is 11.4 Å². The van der Waals surface area contributed by atoms with Crippen LogP contribution < -0.4 is 5.14 Å². The number of benzene rings is 1. The molecule has 0 aliphatic heterocycles. The third-order valence-corrected chi connectivity index (χ3v) is 5.58. The highest BCUT2D eigenvalue weighted by Gasteiger charge is 2.36. The zero-order chi connectivity index (χ0) is 18.4. The summed E-state index contributed by atoms with van der Waals surface area (Å²) in [5.74, 6) is 2.55. The number of carbonyl (C=O) groups excluding carboxylic acids is 1. The second-order valence-electron chi connectivity index (χ2n) is 6.81. The van der Waals surface area contributed by atoms with Crippen molar-refractivity contribution < 1.29 is 17.6 Å². The lowest BCUT2D eigenvalue weighted by atomic mass is 10.1. The molecule has 0 unspecified atom stereocenters. The Morgan fingerprint density at radius 2 is 2.00 bits per heavy atom. The van der Waals surface area contributed by atoms with Crippen molar-refractivity contribution >= 4 is 15.9 Å². The molecule has 0 spiro atoms. The average molecular weight is 362 g/mol. The number of carbonyl (C=O) groups is 1. The maximum Gasteiger partial charge on any atom is 0.254 e. The van der Waals surface area contributed by atoms with E-state index in [0.29, 0.717) is 35.3 Å². The van der Waals surface area contributed by atoms with E-state index in [1.54, 1.807) is 20.0 Å². The van der Waals surface area contributed by atoms with Gasteiger partial charge in [0.1, 0.15) is 11.5 Å². The van der Waals surface area contributed by atoms with Crippen molar-refractivity contribution in [2.24, 2.45) is 11.1 Å². The van der Waals surface area contributed by atoms with Crippen LogP contribution in [0.4, 0.5) is 0 Å². The average Bonchev–Trinajstić information content (AvgIpc) is 3.08. The summed E-state index contributed by atoms with van der Waals surface area (Å²) in [4.78, 5) is 14.1. The molecule has 1 aromatic carbocycles. The number of amides is 1. The fourth-order valence-electron chi connectivity index (χ4n) is 2.92. The van der Waals surface area contributed by atoms with Gasteiger partial charge in [-0.3, -0.25) is 4.79 Å². The van der Waals surface area contributed by atoms with Crippen LogP contribution in [0.15, 0.2) is 39.6 Å². The summed E-state index contributed by atoms with van der Waals surface area (Å²) in [6.45, 7) is 4.26. The number of hydrogen-bond acceptors (Lipinski definition) is 4. The largest absolute Gasteiger partial charge is 0.464 e. The molecule has 2 N–H and O–H groups in total. The second kappa shape index (κ2) is 6.31. The number of aryl methyl sites for hydroxylation is 1. The first kappa shape index (κ1) is 17.7. The molecule has 1 aromatic heterocycles. The van der Waals surface area contributed by atoms with Crippen molar-refractivity contribution in [1.82, 2.24) is 4.90 Å². The molecule has 1 saturated carbocycles. The molecule has 0 radical (unpaired) electrons. The minimum absolute atomic E-state index is 0.0714. The molecular weight excluding hydrogens is 340 g/mol. The van der Waals surface area contributed by atoms with E-state index in [4.69, 9.17) is 9.56 Å². The Morgan fingerprint density at radius 1 is 1.32 bits per heavy atom. The number of nitrogens with zero attached hydrogens (tertiary/aromatic N) is 1. The number of nitrogens with two attached hydrogens (primary N) is 1. The fourth-order valence-corrected chi connectivity index (χ4v) is 3.46. The first-order valence-electron chi connectivity index (χ1n) is 8.14. The van der Waals surface area contributed by atoms with Crippen molar-refractivity contribution in [1.29, 1.82) is 0 Å². The topological polar surface area (TPSA) is 93.6 Å². The predicted octanol–water partition coefficient (Wildman–Crippen LogP) is 2.63. The lowest BCUT2D eigenvalue weighted by Crippen LogP contribution is -2.27. The summed E-state index contributed by atoms with van der Waals surface area (Å²) in [5, 5.41) is 5.16. The van der Waals surface area contributed by atoms with E-state index >= 15 is 0 Å². The van der Waals surface area contributed by atoms with Gasteiger partial charge < -0.3 is 9.32 Å². The van der Waals surface area contributed by atoms with Gasteiger partial charge in [-0.1, -0.05) is 13.0 Å². The quantitative estimate of drug-likeness (QED) is 0.885. The summed E-state index contributed by atoms with van der Waals surface area (Å²) in [5.41, 5.74) is 1.01. The molecule has 0 saturated heterocycles. The van der Waals surface area contributed by atoms with Crippen LogP contribution in [0.2, 0.25) is 0 Å². The van der Waals surface area contributed by atoms with Gasteiger partial charge in [0.25, 0.3) is 5.91 Å². The maximum atomic E-state index is 12.7. The van der Waals surface area contributed by atoms with Crippen LogP contribution in [0.1, 0.15) is 46.7 Å². The molecule has 1 fully saturated rings. The second-order valence-corrected chi connectivity index (χ2v) is 8.37. The zero-order valence-electron chi connectivity index (χ0n) is 14.5. The van der Waals surface area contributed by atoms with Crippen LogP contribution in [-0.4, -0.2) is 26.3 Å². The number of hydrogen-bond donors (Lipinski definition) is 1. The molecule has 3 rings (SSSR count). The van der Waals surface area contributed by atoms with Gasteiger partial charge in [-0.2, -0.15) is 0 Å². The molecule has 1 aliphatic carbocycles. The lowest BCUT2D eigenvalue weighted by molar-refractivity contribution is 0.0774. The van der Waals surface area contributed by atoms with Crippen molar-refractivity contribution in [2.45, 2.75) is 37.6 Å². The van der Waals surface area contributed by atoms with Crippen LogP contribution in [0.3, 0.4) is 0 Å². The molecule has 1 heterocycles. The van der Waals surface area contributed by atoms with E-state index in [1.807, 2.05) is 12.1 Å². The van der Waals surface area contributed by atoms with Crippen molar-refractivity contribution in [3.8, 4) is 0 Å². The number of furan rings is 1. The minimum Gasteiger partial charge on any atom is -0.464 e. The molecule has 1 amide bonds. The highest BCUT2D eigenvalue weighted by atomic mass is 32.2. The highest BCUT2D eigenvalue weighted by Crippen LogP contribution is 2.47. The van der Waals surface area contributed by atoms with E-state index in [9.17, 15) is 13.2 Å². The third kappa shape index (κ3) is 3.77. The summed E-state index contributed by atoms with van der Waals surface area (Å²) >= 11 is 0. The Bertz CT molecular complexity index is 917. The molecule has 2 aromatic rings. The van der Waals surface area contributed by atoms with E-state index < -0.39 is 10.0 Å². The van der Waals surface area contributed by atoms with Gasteiger partial charge in [0.15, 0.2) is 0 Å². The first-order chi connectivity index (χ1) is 11.7. The normalized spacial score (nSPS) is 19.7. The van der Waals surface area contributed by atoms with Crippen LogP contribution >= 0.6 is 0 Å². The SMILES string of the molecule is Cc1ccc(S(N)(=O)=O)cc1C(=O)N(C)Cc1ccc([C@H]2C[C@@H]2C)o1. The Hall–Kier alpha value is -2.12. The highest BCUT2D eigenvalue weighted by molar-refractivity contribution is 7.89. The van der Waals surface area contributed by atoms with Crippen LogP contribution in [-0.2, 0) is 16.6 Å². The maximum absolute atomic E-state index is 12.7. The van der Waals surface area contributed by atoms with Gasteiger partial charge in [0.2, 0.25) is 10.0 Å². The van der Waals surface area contributed by atoms with Crippen molar-refractivity contribution in [3.63, 3.8) is 0 Å². The molecule has 6 nitrogen and oxygen atoms in total. The number of primary sulfonamides is 1. The predicted molar refractivity (Wildman–Crippen MR) is 93.6 cm³/mol. The number of rotatable bonds is 5. The van der Waals surface area contributed by atoms with Gasteiger partial charge in [-0.15, -0.1) is 0 Å². The van der Waals surface area contributed by atoms with E-state index in [-0.39, 0.29) is 10.8 Å². The van der Waals surface area contributed by atoms with Crippen molar-refractivity contribution in [3.05, 3.63) is 53.0 Å². The van der Waals surface area contributed by atoms with Crippen LogP contribution in [0.5, 0.6) is 0 Å². The van der Waals surface area contributed by atoms with E-state index in [2.05, 4.69) is 6.92 Å². The molecule has 0 bridgehead atoms. The van der Waals surface area contributed by atoms with Gasteiger partial charge in [0, 0.05) is 18.5 Å². The molecule has 25 heavy (non-hydrogen) atoms. The summed E-state index contributed by atoms with van der Waals surface area (Å²) in [6.07, 6.45) is 1.14. The third-order valence-electron chi connectivity index (χ3n) is 4.67. The first-order valence-corrected chi connectivity index (χ1v) is 9.69. The summed E-state index contributed by atoms with van der Waals surface area (Å²) in [6, 6.07) is 8.16. The molecule has 7 heteroatoms. The lowest BCUT2D eigenvalue weighted by Gasteiger charge is -2.17. The monoisotopic (exact) mass is 362 g/mol. The molecule has 1 aliphatic rings. The van der Waals surface area contributed by atoms with Crippen LogP contribution in [0, 0.1) is 12.8 Å². The van der Waals surface area contributed by atoms with E-state index in [0.717, 1.165) is 12.2 Å². The van der Waals surface area contributed by atoms with Gasteiger partial charge in [-0.25, -0.2) is 13.6 Å². The Labute approximate surface area is 147 Å². The fraction of sp³-hybridized carbons (Fsp3) is 0.389. The molecule has 2 atom stereocenters. The Balaban J connectivity index is 1.77. The van der Waals surface area contributed by atoms with Crippen LogP contribution in [0.25, 0.3) is 0 Å². The minimum atomic E-state index is -3.85. The number of sulfonamides is 1. The van der Waals surface area contributed by atoms with E-state index in [1.165, 1.54) is 17.0 Å². The Morgan fingerprint density at radius 3 is 2.60 bits per heavy atom. The smallest absolute Gasteiger partial charge is 0.254 e. The zero-order valence-corrected chi connectivity index (χ0v) is 15.3. The van der Waals surface area contributed by atoms with Gasteiger partial charge in [-0.05, 0) is 49.1 Å². The summed E-state index contributed by atoms with van der Waals surface area (Å²) in [7, 11) is -2.19. The van der Waals surface area contributed by atoms with Gasteiger partial charge >= 0.3 is 0 Å². The Kier molecular flexibility index (Phi) is 4.47. The van der Waals surface area contributed by atoms with Crippen molar-refractivity contribution in [2.75, 3.05) is 7.05 Å². The standard InChI is InChI=1S/C18H22N2O4S/c1-11-4-6-14(25(19,22)23)9-16(11)18(21)20(3)10-13-5-7-17(24-13)15-8-12(15)2/h4-7,9,12,15H,8,10H2,1-3H3,(H2,19,22,23)/t12-,15-/m0/s1. The molecule has 134 valence electrons.